The van der Waals surface area contributed by atoms with Crippen LogP contribution < -0.4 is 15.9 Å². The van der Waals surface area contributed by atoms with E-state index < -0.39 is 7.14 Å². The van der Waals surface area contributed by atoms with Gasteiger partial charge in [0, 0.05) is 26.9 Å². The zero-order chi connectivity index (χ0) is 22.3. The van der Waals surface area contributed by atoms with Gasteiger partial charge in [-0.2, -0.15) is 5.10 Å². The van der Waals surface area contributed by atoms with Crippen LogP contribution in [0.15, 0.2) is 127 Å². The molecule has 0 radical (unpaired) electrons. The van der Waals surface area contributed by atoms with Crippen molar-refractivity contribution in [2.75, 3.05) is 0 Å². The summed E-state index contributed by atoms with van der Waals surface area (Å²) in [6.07, 6.45) is 0. The third kappa shape index (κ3) is 3.29. The first-order valence-corrected chi connectivity index (χ1v) is 12.6. The zero-order valence-corrected chi connectivity index (χ0v) is 18.8. The van der Waals surface area contributed by atoms with Crippen molar-refractivity contribution in [3.63, 3.8) is 0 Å². The number of rotatable bonds is 4. The van der Waals surface area contributed by atoms with Crippen molar-refractivity contribution in [1.29, 1.82) is 0 Å². The van der Waals surface area contributed by atoms with Gasteiger partial charge in [-0.25, -0.2) is 4.52 Å². The molecule has 0 aliphatic heterocycles. The standard InChI is InChI=1S/C29H21N2OP/c32-33(25-10-3-1-4-11-25,26-12-5-2-6-13-26)27-19-16-22(17-20-27)28-21-24-18-15-23-9-7-8-14-29(23)31(24)30-28/h1-21H. The summed E-state index contributed by atoms with van der Waals surface area (Å²) in [6.45, 7) is 0. The fourth-order valence-electron chi connectivity index (χ4n) is 4.41. The van der Waals surface area contributed by atoms with E-state index in [1.807, 2.05) is 102 Å². The molecular weight excluding hydrogens is 423 g/mol. The van der Waals surface area contributed by atoms with Gasteiger partial charge in [0.05, 0.1) is 16.7 Å². The lowest BCUT2D eigenvalue weighted by atomic mass is 10.1. The van der Waals surface area contributed by atoms with Crippen LogP contribution in [0.25, 0.3) is 27.7 Å². The summed E-state index contributed by atoms with van der Waals surface area (Å²) in [5.74, 6) is 0. The molecule has 158 valence electrons. The molecule has 0 aliphatic rings. The van der Waals surface area contributed by atoms with Gasteiger partial charge in [-0.15, -0.1) is 0 Å². The molecule has 0 aliphatic carbocycles. The monoisotopic (exact) mass is 444 g/mol. The largest absolute Gasteiger partial charge is 0.309 e. The van der Waals surface area contributed by atoms with Gasteiger partial charge in [0.25, 0.3) is 0 Å². The summed E-state index contributed by atoms with van der Waals surface area (Å²) in [7, 11) is -2.97. The second-order valence-corrected chi connectivity index (χ2v) is 10.9. The molecule has 33 heavy (non-hydrogen) atoms. The first kappa shape index (κ1) is 19.7. The molecule has 2 heterocycles. The highest BCUT2D eigenvalue weighted by Gasteiger charge is 2.29. The molecule has 0 atom stereocenters. The minimum atomic E-state index is -2.97. The molecule has 0 saturated heterocycles. The number of aromatic nitrogens is 2. The van der Waals surface area contributed by atoms with Crippen LogP contribution in [0.2, 0.25) is 0 Å². The molecule has 0 spiro atoms. The molecule has 0 bridgehead atoms. The lowest BCUT2D eigenvalue weighted by Gasteiger charge is -2.20. The Morgan fingerprint density at radius 3 is 1.82 bits per heavy atom. The fourth-order valence-corrected chi connectivity index (χ4v) is 7.06. The normalized spacial score (nSPS) is 11.8. The van der Waals surface area contributed by atoms with E-state index in [0.717, 1.165) is 43.6 Å². The molecule has 4 heteroatoms. The number of fused-ring (bicyclic) bond motifs is 3. The highest BCUT2D eigenvalue weighted by molar-refractivity contribution is 7.85. The van der Waals surface area contributed by atoms with Gasteiger partial charge in [-0.05, 0) is 18.2 Å². The minimum Gasteiger partial charge on any atom is -0.309 e. The Morgan fingerprint density at radius 2 is 1.15 bits per heavy atom. The molecule has 3 nitrogen and oxygen atoms in total. The highest BCUT2D eigenvalue weighted by atomic mass is 31.2. The molecule has 6 aromatic rings. The first-order chi connectivity index (χ1) is 16.2. The summed E-state index contributed by atoms with van der Waals surface area (Å²) in [6, 6.07) is 42.1. The maximum absolute atomic E-state index is 14.5. The van der Waals surface area contributed by atoms with E-state index in [4.69, 9.17) is 5.10 Å². The lowest BCUT2D eigenvalue weighted by Crippen LogP contribution is -2.24. The molecule has 0 unspecified atom stereocenters. The molecule has 6 rings (SSSR count). The van der Waals surface area contributed by atoms with Crippen LogP contribution in [-0.4, -0.2) is 9.61 Å². The SMILES string of the molecule is O=P(c1ccccc1)(c1ccccc1)c1ccc(-c2cc3ccc4ccccc4n3n2)cc1. The van der Waals surface area contributed by atoms with Crippen molar-refractivity contribution < 1.29 is 4.57 Å². The lowest BCUT2D eigenvalue weighted by molar-refractivity contribution is 0.592. The number of para-hydroxylation sites is 1. The molecule has 0 amide bonds. The quantitative estimate of drug-likeness (QED) is 0.323. The number of nitrogens with zero attached hydrogens (tertiary/aromatic N) is 2. The van der Waals surface area contributed by atoms with Gasteiger partial charge < -0.3 is 4.57 Å². The summed E-state index contributed by atoms with van der Waals surface area (Å²) in [5, 5.41) is 8.51. The van der Waals surface area contributed by atoms with Gasteiger partial charge in [0.2, 0.25) is 0 Å². The van der Waals surface area contributed by atoms with Gasteiger partial charge in [-0.1, -0.05) is 109 Å². The van der Waals surface area contributed by atoms with Gasteiger partial charge in [0.15, 0.2) is 7.14 Å². The van der Waals surface area contributed by atoms with Gasteiger partial charge in [-0.3, -0.25) is 0 Å². The van der Waals surface area contributed by atoms with E-state index in [0.29, 0.717) is 0 Å². The van der Waals surface area contributed by atoms with Crippen molar-refractivity contribution in [1.82, 2.24) is 9.61 Å². The van der Waals surface area contributed by atoms with E-state index in [1.54, 1.807) is 0 Å². The van der Waals surface area contributed by atoms with Crippen LogP contribution in [0.1, 0.15) is 0 Å². The summed E-state index contributed by atoms with van der Waals surface area (Å²) >= 11 is 0. The molecular formula is C29H21N2OP. The molecule has 2 aromatic heterocycles. The zero-order valence-electron chi connectivity index (χ0n) is 17.9. The molecule has 0 fully saturated rings. The second-order valence-electron chi connectivity index (χ2n) is 8.09. The van der Waals surface area contributed by atoms with Crippen LogP contribution in [-0.2, 0) is 4.57 Å². The Morgan fingerprint density at radius 1 is 0.576 bits per heavy atom. The highest BCUT2D eigenvalue weighted by Crippen LogP contribution is 2.42. The van der Waals surface area contributed by atoms with E-state index in [1.165, 1.54) is 0 Å². The van der Waals surface area contributed by atoms with Crippen LogP contribution in [0.5, 0.6) is 0 Å². The maximum Gasteiger partial charge on any atom is 0.171 e. The minimum absolute atomic E-state index is 0.817. The summed E-state index contributed by atoms with van der Waals surface area (Å²) < 4.78 is 16.5. The Kier molecular flexibility index (Phi) is 4.71. The topological polar surface area (TPSA) is 34.4 Å². The van der Waals surface area contributed by atoms with Gasteiger partial charge >= 0.3 is 0 Å². The fraction of sp³-hybridized carbons (Fsp3) is 0. The van der Waals surface area contributed by atoms with Crippen LogP contribution >= 0.6 is 7.14 Å². The van der Waals surface area contributed by atoms with Crippen molar-refractivity contribution >= 4 is 39.5 Å². The van der Waals surface area contributed by atoms with Gasteiger partial charge in [0.1, 0.15) is 0 Å². The molecule has 4 aromatic carbocycles. The van der Waals surface area contributed by atoms with E-state index >= 15 is 0 Å². The average molecular weight is 444 g/mol. The number of hydrogen-bond acceptors (Lipinski definition) is 2. The predicted octanol–water partition coefficient (Wildman–Crippen LogP) is 5.79. The second kappa shape index (κ2) is 7.88. The van der Waals surface area contributed by atoms with Crippen molar-refractivity contribution in [2.24, 2.45) is 0 Å². The number of hydrogen-bond donors (Lipinski definition) is 0. The van der Waals surface area contributed by atoms with Crippen molar-refractivity contribution in [3.8, 4) is 11.3 Å². The van der Waals surface area contributed by atoms with Crippen molar-refractivity contribution in [2.45, 2.75) is 0 Å². The summed E-state index contributed by atoms with van der Waals surface area (Å²) in [5.41, 5.74) is 4.02. The third-order valence-electron chi connectivity index (χ3n) is 6.10. The molecule has 0 N–H and O–H groups in total. The Bertz CT molecular complexity index is 1580. The van der Waals surface area contributed by atoms with E-state index in [-0.39, 0.29) is 0 Å². The summed E-state index contributed by atoms with van der Waals surface area (Å²) in [4.78, 5) is 0. The Balaban J connectivity index is 1.46. The van der Waals surface area contributed by atoms with E-state index in [9.17, 15) is 4.57 Å². The smallest absolute Gasteiger partial charge is 0.171 e. The molecule has 0 saturated carbocycles. The maximum atomic E-state index is 14.5. The first-order valence-electron chi connectivity index (χ1n) is 10.9. The Labute approximate surface area is 192 Å². The van der Waals surface area contributed by atoms with E-state index in [2.05, 4.69) is 30.3 Å². The average Bonchev–Trinajstić information content (AvgIpc) is 3.34. The van der Waals surface area contributed by atoms with Crippen LogP contribution in [0.4, 0.5) is 0 Å². The van der Waals surface area contributed by atoms with Crippen LogP contribution in [0, 0.1) is 0 Å². The van der Waals surface area contributed by atoms with Crippen LogP contribution in [0.3, 0.4) is 0 Å². The number of pyridine rings is 1. The Hall–Kier alpha value is -3.94. The van der Waals surface area contributed by atoms with Crippen molar-refractivity contribution in [3.05, 3.63) is 127 Å². The number of benzene rings is 4. The predicted molar refractivity (Wildman–Crippen MR) is 138 cm³/mol. The third-order valence-corrected chi connectivity index (χ3v) is 9.18.